The fourth-order valence-electron chi connectivity index (χ4n) is 1.67. The molecule has 0 atom stereocenters. The molecule has 0 unspecified atom stereocenters. The monoisotopic (exact) mass is 258 g/mol. The van der Waals surface area contributed by atoms with Crippen molar-refractivity contribution in [1.29, 1.82) is 0 Å². The number of nitrogens with one attached hydrogen (secondary N) is 1. The number of carboxylic acids is 1. The van der Waals surface area contributed by atoms with Gasteiger partial charge in [0.1, 0.15) is 12.4 Å². The Balaban J connectivity index is 2.26. The molecule has 1 aromatic carbocycles. The molecule has 2 N–H and O–H groups in total. The van der Waals surface area contributed by atoms with Crippen LogP contribution in [0.5, 0.6) is 0 Å². The van der Waals surface area contributed by atoms with E-state index in [0.717, 1.165) is 12.1 Å². The van der Waals surface area contributed by atoms with Gasteiger partial charge in [-0.25, -0.2) is 0 Å². The minimum atomic E-state index is -4.42. The van der Waals surface area contributed by atoms with E-state index < -0.39 is 17.7 Å². The fraction of sp³-hybridized carbons (Fsp3) is 0.273. The fourth-order valence-corrected chi connectivity index (χ4v) is 1.67. The molecule has 0 aromatic heterocycles. The molecule has 18 heavy (non-hydrogen) atoms. The molecule has 1 heterocycles. The summed E-state index contributed by atoms with van der Waals surface area (Å²) in [5.74, 6) is -0.906. The van der Waals surface area contributed by atoms with Crippen molar-refractivity contribution >= 4 is 11.8 Å². The minimum absolute atomic E-state index is 0.193. The molecule has 0 spiro atoms. The summed E-state index contributed by atoms with van der Waals surface area (Å²) < 4.78 is 37.6. The average molecular weight is 258 g/mol. The standard InChI is InChI=1S/C11H9F3N2O2/c12-11(13,14)7-2-1-6-4-15-10(8(6)3-7)16-5-9(17)18/h1-3H,4-5H2,(H,15,16)(H,17,18). The number of alkyl halides is 3. The SMILES string of the molecule is O=C(O)CNC1=NCc2ccc(C(F)(F)F)cc21. The van der Waals surface area contributed by atoms with E-state index in [2.05, 4.69) is 10.3 Å². The summed E-state index contributed by atoms with van der Waals surface area (Å²) in [5, 5.41) is 11.0. The highest BCUT2D eigenvalue weighted by atomic mass is 19.4. The first-order chi connectivity index (χ1) is 8.38. The van der Waals surface area contributed by atoms with E-state index in [1.165, 1.54) is 6.07 Å². The van der Waals surface area contributed by atoms with E-state index in [1.807, 2.05) is 0 Å². The molecule has 0 saturated carbocycles. The Morgan fingerprint density at radius 3 is 2.78 bits per heavy atom. The second-order valence-electron chi connectivity index (χ2n) is 3.78. The van der Waals surface area contributed by atoms with Crippen molar-refractivity contribution < 1.29 is 23.1 Å². The molecule has 0 aliphatic carbocycles. The van der Waals surface area contributed by atoms with Crippen molar-refractivity contribution in [1.82, 2.24) is 5.32 Å². The molecule has 0 bridgehead atoms. The van der Waals surface area contributed by atoms with Crippen molar-refractivity contribution in [3.8, 4) is 0 Å². The van der Waals surface area contributed by atoms with Gasteiger partial charge in [-0.1, -0.05) is 6.07 Å². The van der Waals surface area contributed by atoms with Crippen LogP contribution in [0.15, 0.2) is 23.2 Å². The zero-order valence-corrected chi connectivity index (χ0v) is 9.08. The van der Waals surface area contributed by atoms with Crippen LogP contribution in [0, 0.1) is 0 Å². The predicted molar refractivity (Wildman–Crippen MR) is 57.3 cm³/mol. The largest absolute Gasteiger partial charge is 0.480 e. The first-order valence-electron chi connectivity index (χ1n) is 5.08. The Labute approximate surface area is 100 Å². The van der Waals surface area contributed by atoms with Gasteiger partial charge in [-0.3, -0.25) is 9.79 Å². The van der Waals surface area contributed by atoms with Crippen LogP contribution in [0.2, 0.25) is 0 Å². The highest BCUT2D eigenvalue weighted by molar-refractivity contribution is 6.03. The molecule has 0 saturated heterocycles. The highest BCUT2D eigenvalue weighted by Crippen LogP contribution is 2.31. The number of carbonyl (C=O) groups is 1. The maximum absolute atomic E-state index is 12.5. The van der Waals surface area contributed by atoms with Crippen molar-refractivity contribution in [2.24, 2.45) is 4.99 Å². The second kappa shape index (κ2) is 4.32. The highest BCUT2D eigenvalue weighted by Gasteiger charge is 2.32. The number of nitrogens with zero attached hydrogens (tertiary/aromatic N) is 1. The molecule has 1 aliphatic heterocycles. The van der Waals surface area contributed by atoms with Gasteiger partial charge >= 0.3 is 12.1 Å². The normalized spacial score (nSPS) is 14.1. The van der Waals surface area contributed by atoms with E-state index >= 15 is 0 Å². The van der Waals surface area contributed by atoms with Crippen LogP contribution >= 0.6 is 0 Å². The van der Waals surface area contributed by atoms with Gasteiger partial charge in [0.2, 0.25) is 0 Å². The van der Waals surface area contributed by atoms with Crippen LogP contribution in [0.4, 0.5) is 13.2 Å². The first-order valence-corrected chi connectivity index (χ1v) is 5.08. The van der Waals surface area contributed by atoms with Crippen LogP contribution in [0.25, 0.3) is 0 Å². The van der Waals surface area contributed by atoms with E-state index in [-0.39, 0.29) is 18.9 Å². The van der Waals surface area contributed by atoms with E-state index in [9.17, 15) is 18.0 Å². The van der Waals surface area contributed by atoms with E-state index in [0.29, 0.717) is 11.1 Å². The molecule has 0 fully saturated rings. The van der Waals surface area contributed by atoms with Gasteiger partial charge in [0.25, 0.3) is 0 Å². The number of aliphatic imine (C=N–C) groups is 1. The smallest absolute Gasteiger partial charge is 0.416 e. The molecule has 7 heteroatoms. The van der Waals surface area contributed by atoms with Crippen molar-refractivity contribution in [3.05, 3.63) is 34.9 Å². The van der Waals surface area contributed by atoms with Gasteiger partial charge in [0.15, 0.2) is 0 Å². The number of fused-ring (bicyclic) bond motifs is 1. The molecule has 4 nitrogen and oxygen atoms in total. The Hall–Kier alpha value is -2.05. The van der Waals surface area contributed by atoms with Crippen LogP contribution in [-0.2, 0) is 17.5 Å². The van der Waals surface area contributed by atoms with E-state index in [4.69, 9.17) is 5.11 Å². The van der Waals surface area contributed by atoms with Crippen LogP contribution in [-0.4, -0.2) is 23.5 Å². The number of benzene rings is 1. The Morgan fingerprint density at radius 2 is 2.17 bits per heavy atom. The van der Waals surface area contributed by atoms with Gasteiger partial charge in [-0.15, -0.1) is 0 Å². The quantitative estimate of drug-likeness (QED) is 0.847. The molecule has 1 aromatic rings. The number of aliphatic carboxylic acids is 1. The number of hydrogen-bond acceptors (Lipinski definition) is 3. The third-order valence-corrected chi connectivity index (χ3v) is 2.51. The number of carboxylic acid groups (broad SMARTS) is 1. The molecule has 96 valence electrons. The van der Waals surface area contributed by atoms with Gasteiger partial charge in [0.05, 0.1) is 12.1 Å². The topological polar surface area (TPSA) is 61.7 Å². The Morgan fingerprint density at radius 1 is 1.44 bits per heavy atom. The first kappa shape index (κ1) is 12.4. The lowest BCUT2D eigenvalue weighted by molar-refractivity contribution is -0.138. The second-order valence-corrected chi connectivity index (χ2v) is 3.78. The Kier molecular flexibility index (Phi) is 2.98. The number of amidine groups is 1. The lowest BCUT2D eigenvalue weighted by Gasteiger charge is -2.10. The Bertz CT molecular complexity index is 524. The lowest BCUT2D eigenvalue weighted by Crippen LogP contribution is -2.29. The molecule has 2 rings (SSSR count). The molecular formula is C11H9F3N2O2. The summed E-state index contributed by atoms with van der Waals surface area (Å²) in [6.45, 7) is -0.121. The molecule has 0 radical (unpaired) electrons. The maximum atomic E-state index is 12.5. The van der Waals surface area contributed by atoms with E-state index in [1.54, 1.807) is 0 Å². The zero-order valence-electron chi connectivity index (χ0n) is 9.08. The van der Waals surface area contributed by atoms with Crippen molar-refractivity contribution in [2.75, 3.05) is 6.54 Å². The predicted octanol–water partition coefficient (Wildman–Crippen LogP) is 1.64. The van der Waals surface area contributed by atoms with Crippen molar-refractivity contribution in [2.45, 2.75) is 12.7 Å². The summed E-state index contributed by atoms with van der Waals surface area (Å²) in [6.07, 6.45) is -4.42. The molecule has 0 amide bonds. The molecular weight excluding hydrogens is 249 g/mol. The number of halogens is 3. The number of hydrogen-bond donors (Lipinski definition) is 2. The average Bonchev–Trinajstić information content (AvgIpc) is 2.67. The maximum Gasteiger partial charge on any atom is 0.416 e. The lowest BCUT2D eigenvalue weighted by atomic mass is 10.0. The third-order valence-electron chi connectivity index (χ3n) is 2.51. The number of rotatable bonds is 2. The minimum Gasteiger partial charge on any atom is -0.480 e. The zero-order chi connectivity index (χ0) is 13.3. The van der Waals surface area contributed by atoms with Crippen LogP contribution in [0.1, 0.15) is 16.7 Å². The van der Waals surface area contributed by atoms with Crippen molar-refractivity contribution in [3.63, 3.8) is 0 Å². The third kappa shape index (κ3) is 2.44. The van der Waals surface area contributed by atoms with Gasteiger partial charge in [-0.05, 0) is 17.7 Å². The summed E-state index contributed by atoms with van der Waals surface area (Å²) in [5.41, 5.74) is 0.190. The summed E-state index contributed by atoms with van der Waals surface area (Å²) in [7, 11) is 0. The van der Waals surface area contributed by atoms with Gasteiger partial charge in [-0.2, -0.15) is 13.2 Å². The molecule has 1 aliphatic rings. The van der Waals surface area contributed by atoms with Gasteiger partial charge in [0, 0.05) is 5.56 Å². The summed E-state index contributed by atoms with van der Waals surface area (Å²) in [4.78, 5) is 14.4. The summed E-state index contributed by atoms with van der Waals surface area (Å²) in [6, 6.07) is 3.33. The van der Waals surface area contributed by atoms with Crippen LogP contribution in [0.3, 0.4) is 0 Å². The summed E-state index contributed by atoms with van der Waals surface area (Å²) >= 11 is 0. The van der Waals surface area contributed by atoms with Gasteiger partial charge < -0.3 is 10.4 Å². The van der Waals surface area contributed by atoms with Crippen LogP contribution < -0.4 is 5.32 Å².